The number of ether oxygens (including phenoxy) is 1. The zero-order chi connectivity index (χ0) is 13.9. The third-order valence-electron chi connectivity index (χ3n) is 4.63. The summed E-state index contributed by atoms with van der Waals surface area (Å²) in [6, 6.07) is 1.07. The Bertz CT molecular complexity index is 314. The van der Waals surface area contributed by atoms with Crippen molar-refractivity contribution in [1.29, 1.82) is 0 Å². The van der Waals surface area contributed by atoms with Gasteiger partial charge in [0.15, 0.2) is 0 Å². The summed E-state index contributed by atoms with van der Waals surface area (Å²) in [4.78, 5) is 14.0. The second-order valence-electron chi connectivity index (χ2n) is 7.46. The topological polar surface area (TPSA) is 29.5 Å². The first-order valence-corrected chi connectivity index (χ1v) is 11.6. The predicted octanol–water partition coefficient (Wildman–Crippen LogP) is 3.97. The number of nitrogens with zero attached hydrogens (tertiary/aromatic N) is 1. The molecule has 0 spiro atoms. The first-order chi connectivity index (χ1) is 8.96. The largest absolute Gasteiger partial charge is 0.450 e. The molecule has 0 unspecified atom stereocenters. The van der Waals surface area contributed by atoms with Crippen LogP contribution < -0.4 is 0 Å². The third kappa shape index (κ3) is 4.51. The van der Waals surface area contributed by atoms with Crippen molar-refractivity contribution >= 4 is 14.2 Å². The van der Waals surface area contributed by atoms with Crippen LogP contribution in [0.4, 0.5) is 4.79 Å². The van der Waals surface area contributed by atoms with Gasteiger partial charge in [0.2, 0.25) is 0 Å². The van der Waals surface area contributed by atoms with Crippen LogP contribution in [-0.4, -0.2) is 38.8 Å². The molecule has 3 nitrogen and oxygen atoms in total. The zero-order valence-corrected chi connectivity index (χ0v) is 13.8. The molecule has 19 heavy (non-hydrogen) atoms. The Hall–Kier alpha value is -0.513. The first kappa shape index (κ1) is 14.9. The molecule has 2 fully saturated rings. The Labute approximate surface area is 118 Å². The van der Waals surface area contributed by atoms with Gasteiger partial charge >= 0.3 is 6.09 Å². The second-order valence-corrected chi connectivity index (χ2v) is 13.1. The van der Waals surface area contributed by atoms with Gasteiger partial charge in [0.05, 0.1) is 6.61 Å². The molecule has 1 aliphatic heterocycles. The molecule has 0 aromatic carbocycles. The maximum absolute atomic E-state index is 12.1. The standard InChI is InChI=1S/C15H29NO2Si/c1-19(2,3)11-10-18-15(17)16-9-8-13-6-4-5-7-14(13)12-16/h13-14H,4-12H2,1-3H3/t13-,14+/m1/s1. The average Bonchev–Trinajstić information content (AvgIpc) is 2.36. The molecule has 0 N–H and O–H groups in total. The molecule has 2 rings (SSSR count). The van der Waals surface area contributed by atoms with Gasteiger partial charge in [-0.3, -0.25) is 0 Å². The molecule has 2 atom stereocenters. The van der Waals surface area contributed by atoms with Crippen molar-refractivity contribution < 1.29 is 9.53 Å². The minimum Gasteiger partial charge on any atom is -0.450 e. The summed E-state index contributed by atoms with van der Waals surface area (Å²) < 4.78 is 5.46. The van der Waals surface area contributed by atoms with Crippen LogP contribution in [0.5, 0.6) is 0 Å². The van der Waals surface area contributed by atoms with Gasteiger partial charge in [0, 0.05) is 21.2 Å². The number of piperidine rings is 1. The van der Waals surface area contributed by atoms with Crippen molar-refractivity contribution in [3.63, 3.8) is 0 Å². The lowest BCUT2D eigenvalue weighted by Crippen LogP contribution is -2.45. The molecule has 4 heteroatoms. The van der Waals surface area contributed by atoms with Gasteiger partial charge < -0.3 is 9.64 Å². The molecule has 110 valence electrons. The smallest absolute Gasteiger partial charge is 0.409 e. The van der Waals surface area contributed by atoms with Crippen molar-refractivity contribution in [3.05, 3.63) is 0 Å². The Morgan fingerprint density at radius 2 is 1.84 bits per heavy atom. The van der Waals surface area contributed by atoms with E-state index in [9.17, 15) is 4.79 Å². The van der Waals surface area contributed by atoms with Crippen molar-refractivity contribution in [2.75, 3.05) is 19.7 Å². The summed E-state index contributed by atoms with van der Waals surface area (Å²) in [5, 5.41) is 0. The van der Waals surface area contributed by atoms with Crippen molar-refractivity contribution in [1.82, 2.24) is 4.90 Å². The highest BCUT2D eigenvalue weighted by Crippen LogP contribution is 2.36. The van der Waals surface area contributed by atoms with Crippen LogP contribution in [0.25, 0.3) is 0 Å². The molecule has 1 amide bonds. The normalized spacial score (nSPS) is 27.8. The molecule has 1 saturated heterocycles. The van der Waals surface area contributed by atoms with Crippen LogP contribution in [0, 0.1) is 11.8 Å². The molecule has 0 aromatic heterocycles. The van der Waals surface area contributed by atoms with Gasteiger partial charge in [-0.2, -0.15) is 0 Å². The molecule has 0 bridgehead atoms. The summed E-state index contributed by atoms with van der Waals surface area (Å²) in [7, 11) is -1.10. The van der Waals surface area contributed by atoms with E-state index in [0.29, 0.717) is 6.61 Å². The minimum atomic E-state index is -1.10. The van der Waals surface area contributed by atoms with Crippen molar-refractivity contribution in [2.45, 2.75) is 57.8 Å². The quantitative estimate of drug-likeness (QED) is 0.733. The molecule has 2 aliphatic rings. The fourth-order valence-corrected chi connectivity index (χ4v) is 4.02. The lowest BCUT2D eigenvalue weighted by atomic mass is 9.75. The number of fused-ring (bicyclic) bond motifs is 1. The first-order valence-electron chi connectivity index (χ1n) is 7.87. The number of carbonyl (C=O) groups excluding carboxylic acids is 1. The number of rotatable bonds is 3. The lowest BCUT2D eigenvalue weighted by molar-refractivity contribution is 0.0585. The van der Waals surface area contributed by atoms with E-state index in [1.807, 2.05) is 4.90 Å². The fourth-order valence-electron chi connectivity index (χ4n) is 3.30. The minimum absolute atomic E-state index is 0.0673. The Balaban J connectivity index is 1.74. The summed E-state index contributed by atoms with van der Waals surface area (Å²) in [6.45, 7) is 9.40. The monoisotopic (exact) mass is 283 g/mol. The molecule has 0 radical (unpaired) electrons. The Kier molecular flexibility index (Phi) is 4.93. The predicted molar refractivity (Wildman–Crippen MR) is 81.1 cm³/mol. The van der Waals surface area contributed by atoms with Gasteiger partial charge in [-0.25, -0.2) is 4.79 Å². The molecule has 1 saturated carbocycles. The van der Waals surface area contributed by atoms with Gasteiger partial charge in [0.25, 0.3) is 0 Å². The van der Waals surface area contributed by atoms with Gasteiger partial charge in [-0.15, -0.1) is 0 Å². The highest BCUT2D eigenvalue weighted by Gasteiger charge is 2.33. The van der Waals surface area contributed by atoms with Crippen LogP contribution in [-0.2, 0) is 4.74 Å². The van der Waals surface area contributed by atoms with Crippen LogP contribution in [0.15, 0.2) is 0 Å². The van der Waals surface area contributed by atoms with E-state index in [0.717, 1.165) is 31.0 Å². The zero-order valence-electron chi connectivity index (χ0n) is 12.8. The second kappa shape index (κ2) is 6.29. The van der Waals surface area contributed by atoms with Crippen molar-refractivity contribution in [2.24, 2.45) is 11.8 Å². The van der Waals surface area contributed by atoms with Crippen LogP contribution in [0.2, 0.25) is 25.7 Å². The summed E-state index contributed by atoms with van der Waals surface area (Å²) >= 11 is 0. The van der Waals surface area contributed by atoms with Gasteiger partial charge in [0.1, 0.15) is 0 Å². The fraction of sp³-hybridized carbons (Fsp3) is 0.933. The van der Waals surface area contributed by atoms with E-state index < -0.39 is 8.07 Å². The van der Waals surface area contributed by atoms with E-state index in [1.165, 1.54) is 32.1 Å². The van der Waals surface area contributed by atoms with Crippen LogP contribution in [0.3, 0.4) is 0 Å². The van der Waals surface area contributed by atoms with E-state index in [1.54, 1.807) is 0 Å². The van der Waals surface area contributed by atoms with E-state index in [4.69, 9.17) is 4.74 Å². The van der Waals surface area contributed by atoms with Crippen molar-refractivity contribution in [3.8, 4) is 0 Å². The SMILES string of the molecule is C[Si](C)(C)CCOC(=O)N1CC[C@H]2CCCC[C@H]2C1. The Morgan fingerprint density at radius 3 is 2.53 bits per heavy atom. The molecule has 1 heterocycles. The Morgan fingerprint density at radius 1 is 1.16 bits per heavy atom. The lowest BCUT2D eigenvalue weighted by Gasteiger charge is -2.40. The summed E-state index contributed by atoms with van der Waals surface area (Å²) in [6.07, 6.45) is 6.55. The molecule has 1 aliphatic carbocycles. The number of likely N-dealkylation sites (tertiary alicyclic amines) is 1. The number of hydrogen-bond acceptors (Lipinski definition) is 2. The summed E-state index contributed by atoms with van der Waals surface area (Å²) in [5.41, 5.74) is 0. The van der Waals surface area contributed by atoms with E-state index in [-0.39, 0.29) is 6.09 Å². The van der Waals surface area contributed by atoms with E-state index in [2.05, 4.69) is 19.6 Å². The van der Waals surface area contributed by atoms with E-state index >= 15 is 0 Å². The van der Waals surface area contributed by atoms with Crippen LogP contribution in [0.1, 0.15) is 32.1 Å². The number of carbonyl (C=O) groups is 1. The average molecular weight is 283 g/mol. The summed E-state index contributed by atoms with van der Waals surface area (Å²) in [5.74, 6) is 1.62. The third-order valence-corrected chi connectivity index (χ3v) is 6.33. The maximum Gasteiger partial charge on any atom is 0.409 e. The molecule has 0 aromatic rings. The maximum atomic E-state index is 12.1. The number of amides is 1. The van der Waals surface area contributed by atoms with Gasteiger partial charge in [-0.1, -0.05) is 38.9 Å². The highest BCUT2D eigenvalue weighted by atomic mass is 28.3. The molecular weight excluding hydrogens is 254 g/mol. The molecular formula is C15H29NO2Si. The number of hydrogen-bond donors (Lipinski definition) is 0. The highest BCUT2D eigenvalue weighted by molar-refractivity contribution is 6.76. The van der Waals surface area contributed by atoms with Gasteiger partial charge in [-0.05, 0) is 30.7 Å². The van der Waals surface area contributed by atoms with Crippen LogP contribution >= 0.6 is 0 Å².